The Bertz CT molecular complexity index is 218. The molecule has 1 rings (SSSR count). The van der Waals surface area contributed by atoms with Gasteiger partial charge in [-0.1, -0.05) is 27.2 Å². The minimum absolute atomic E-state index is 0.323. The van der Waals surface area contributed by atoms with Crippen LogP contribution in [0.15, 0.2) is 0 Å². The molecular weight excluding hydrogens is 218 g/mol. The zero-order valence-corrected chi connectivity index (χ0v) is 11.8. The molecule has 0 aromatic carbocycles. The SMILES string of the molecule is CCCNC1CCCC1CCS(=O)C(C)C. The van der Waals surface area contributed by atoms with Gasteiger partial charge >= 0.3 is 0 Å². The third-order valence-corrected chi connectivity index (χ3v) is 5.22. The predicted octanol–water partition coefficient (Wildman–Crippen LogP) is 2.70. The predicted molar refractivity (Wildman–Crippen MR) is 72.2 cm³/mol. The number of rotatable bonds is 7. The van der Waals surface area contributed by atoms with Gasteiger partial charge in [0.15, 0.2) is 0 Å². The monoisotopic (exact) mass is 245 g/mol. The van der Waals surface area contributed by atoms with Gasteiger partial charge < -0.3 is 5.32 Å². The summed E-state index contributed by atoms with van der Waals surface area (Å²) in [5.74, 6) is 1.67. The van der Waals surface area contributed by atoms with Crippen molar-refractivity contribution in [1.29, 1.82) is 0 Å². The fraction of sp³-hybridized carbons (Fsp3) is 1.00. The van der Waals surface area contributed by atoms with Crippen LogP contribution in [0.5, 0.6) is 0 Å². The van der Waals surface area contributed by atoms with Crippen LogP contribution in [0.2, 0.25) is 0 Å². The molecule has 3 heteroatoms. The summed E-state index contributed by atoms with van der Waals surface area (Å²) in [5, 5.41) is 3.96. The van der Waals surface area contributed by atoms with E-state index in [1.165, 1.54) is 25.7 Å². The fourth-order valence-corrected chi connectivity index (χ4v) is 3.49. The largest absolute Gasteiger partial charge is 0.314 e. The first-order valence-corrected chi connectivity index (χ1v) is 8.14. The number of hydrogen-bond donors (Lipinski definition) is 1. The average molecular weight is 245 g/mol. The minimum Gasteiger partial charge on any atom is -0.314 e. The summed E-state index contributed by atoms with van der Waals surface area (Å²) in [5.41, 5.74) is 0. The van der Waals surface area contributed by atoms with Crippen molar-refractivity contribution in [3.8, 4) is 0 Å². The molecule has 0 radical (unpaired) electrons. The average Bonchev–Trinajstić information content (AvgIpc) is 2.70. The molecular formula is C13H27NOS. The topological polar surface area (TPSA) is 29.1 Å². The van der Waals surface area contributed by atoms with Crippen LogP contribution in [0.25, 0.3) is 0 Å². The van der Waals surface area contributed by atoms with Crippen molar-refractivity contribution >= 4 is 10.8 Å². The van der Waals surface area contributed by atoms with Gasteiger partial charge in [0.2, 0.25) is 0 Å². The molecule has 1 N–H and O–H groups in total. The maximum atomic E-state index is 11.7. The lowest BCUT2D eigenvalue weighted by Gasteiger charge is -2.21. The number of nitrogens with one attached hydrogen (secondary N) is 1. The Kier molecular flexibility index (Phi) is 6.59. The highest BCUT2D eigenvalue weighted by Crippen LogP contribution is 2.28. The first kappa shape index (κ1) is 14.2. The van der Waals surface area contributed by atoms with E-state index in [1.807, 2.05) is 0 Å². The Morgan fingerprint density at radius 2 is 2.12 bits per heavy atom. The number of hydrogen-bond acceptors (Lipinski definition) is 2. The molecule has 3 unspecified atom stereocenters. The lowest BCUT2D eigenvalue weighted by Crippen LogP contribution is -2.33. The van der Waals surface area contributed by atoms with Gasteiger partial charge in [-0.05, 0) is 38.1 Å². The van der Waals surface area contributed by atoms with Crippen molar-refractivity contribution in [2.24, 2.45) is 5.92 Å². The molecule has 3 atom stereocenters. The van der Waals surface area contributed by atoms with Crippen LogP contribution in [0.4, 0.5) is 0 Å². The molecule has 1 fully saturated rings. The first-order valence-electron chi connectivity index (χ1n) is 6.75. The van der Waals surface area contributed by atoms with Crippen LogP contribution in [-0.2, 0) is 10.8 Å². The van der Waals surface area contributed by atoms with Gasteiger partial charge in [0, 0.05) is 27.8 Å². The molecule has 0 aromatic heterocycles. The van der Waals surface area contributed by atoms with Gasteiger partial charge in [-0.2, -0.15) is 0 Å². The van der Waals surface area contributed by atoms with E-state index >= 15 is 0 Å². The van der Waals surface area contributed by atoms with Crippen molar-refractivity contribution in [3.63, 3.8) is 0 Å². The summed E-state index contributed by atoms with van der Waals surface area (Å²) >= 11 is 0. The van der Waals surface area contributed by atoms with Gasteiger partial charge in [-0.15, -0.1) is 0 Å². The Hall–Kier alpha value is 0.110. The molecule has 96 valence electrons. The third kappa shape index (κ3) is 4.54. The van der Waals surface area contributed by atoms with Crippen molar-refractivity contribution in [1.82, 2.24) is 5.32 Å². The van der Waals surface area contributed by atoms with Gasteiger partial charge in [0.25, 0.3) is 0 Å². The maximum absolute atomic E-state index is 11.7. The molecule has 1 aliphatic rings. The second-order valence-electron chi connectivity index (χ2n) is 5.17. The van der Waals surface area contributed by atoms with Crippen molar-refractivity contribution in [3.05, 3.63) is 0 Å². The smallest absolute Gasteiger partial charge is 0.0291 e. The Balaban J connectivity index is 2.26. The van der Waals surface area contributed by atoms with Crippen molar-refractivity contribution in [2.45, 2.75) is 64.2 Å². The second-order valence-corrected chi connectivity index (χ2v) is 7.29. The quantitative estimate of drug-likeness (QED) is 0.747. The van der Waals surface area contributed by atoms with Crippen LogP contribution in [-0.4, -0.2) is 27.8 Å². The van der Waals surface area contributed by atoms with Crippen LogP contribution in [0, 0.1) is 5.92 Å². The first-order chi connectivity index (χ1) is 7.65. The summed E-state index contributed by atoms with van der Waals surface area (Å²) in [6.07, 6.45) is 6.35. The minimum atomic E-state index is -0.616. The maximum Gasteiger partial charge on any atom is 0.0291 e. The van der Waals surface area contributed by atoms with Crippen LogP contribution >= 0.6 is 0 Å². The molecule has 1 aliphatic carbocycles. The molecule has 0 bridgehead atoms. The van der Waals surface area contributed by atoms with E-state index in [-0.39, 0.29) is 0 Å². The van der Waals surface area contributed by atoms with E-state index < -0.39 is 10.8 Å². The highest BCUT2D eigenvalue weighted by molar-refractivity contribution is 7.85. The Morgan fingerprint density at radius 3 is 2.75 bits per heavy atom. The van der Waals surface area contributed by atoms with E-state index in [9.17, 15) is 4.21 Å². The van der Waals surface area contributed by atoms with E-state index in [0.717, 1.165) is 24.6 Å². The summed E-state index contributed by atoms with van der Waals surface area (Å²) < 4.78 is 11.7. The Labute approximate surface area is 103 Å². The van der Waals surface area contributed by atoms with E-state index in [4.69, 9.17) is 0 Å². The standard InChI is InChI=1S/C13H27NOS/c1-4-9-14-13-7-5-6-12(13)8-10-16(15)11(2)3/h11-14H,4-10H2,1-3H3. The molecule has 16 heavy (non-hydrogen) atoms. The summed E-state index contributed by atoms with van der Waals surface area (Å²) in [6.45, 7) is 7.45. The second kappa shape index (κ2) is 7.44. The fourth-order valence-electron chi connectivity index (χ4n) is 2.48. The molecule has 0 amide bonds. The molecule has 2 nitrogen and oxygen atoms in total. The summed E-state index contributed by atoms with van der Waals surface area (Å²) in [4.78, 5) is 0. The summed E-state index contributed by atoms with van der Waals surface area (Å²) in [6, 6.07) is 0.698. The highest BCUT2D eigenvalue weighted by atomic mass is 32.2. The van der Waals surface area contributed by atoms with Gasteiger partial charge in [-0.3, -0.25) is 4.21 Å². The zero-order valence-electron chi connectivity index (χ0n) is 11.0. The van der Waals surface area contributed by atoms with Gasteiger partial charge in [0.05, 0.1) is 0 Å². The molecule has 1 saturated carbocycles. The van der Waals surface area contributed by atoms with E-state index in [0.29, 0.717) is 11.3 Å². The lowest BCUT2D eigenvalue weighted by molar-refractivity contribution is 0.392. The van der Waals surface area contributed by atoms with E-state index in [2.05, 4.69) is 26.1 Å². The summed E-state index contributed by atoms with van der Waals surface area (Å²) in [7, 11) is -0.616. The van der Waals surface area contributed by atoms with Crippen molar-refractivity contribution in [2.75, 3.05) is 12.3 Å². The molecule has 0 spiro atoms. The van der Waals surface area contributed by atoms with E-state index in [1.54, 1.807) is 0 Å². The lowest BCUT2D eigenvalue weighted by atomic mass is 10.0. The van der Waals surface area contributed by atoms with Crippen LogP contribution in [0.1, 0.15) is 52.9 Å². The van der Waals surface area contributed by atoms with Gasteiger partial charge in [0.1, 0.15) is 0 Å². The third-order valence-electron chi connectivity index (χ3n) is 3.53. The molecule has 0 aliphatic heterocycles. The Morgan fingerprint density at radius 1 is 1.38 bits per heavy atom. The highest BCUT2D eigenvalue weighted by Gasteiger charge is 2.26. The van der Waals surface area contributed by atoms with Crippen LogP contribution in [0.3, 0.4) is 0 Å². The zero-order chi connectivity index (χ0) is 12.0. The molecule has 0 saturated heterocycles. The normalized spacial score (nSPS) is 27.5. The van der Waals surface area contributed by atoms with Crippen molar-refractivity contribution < 1.29 is 4.21 Å². The van der Waals surface area contributed by atoms with Gasteiger partial charge in [-0.25, -0.2) is 0 Å². The molecule has 0 aromatic rings. The molecule has 0 heterocycles. The van der Waals surface area contributed by atoms with Crippen LogP contribution < -0.4 is 5.32 Å².